The highest BCUT2D eigenvalue weighted by Gasteiger charge is 2.23. The first kappa shape index (κ1) is 18.3. The predicted molar refractivity (Wildman–Crippen MR) is 93.2 cm³/mol. The van der Waals surface area contributed by atoms with E-state index in [1.807, 2.05) is 20.8 Å². The molecule has 0 unspecified atom stereocenters. The summed E-state index contributed by atoms with van der Waals surface area (Å²) in [5, 5.41) is 5.54. The van der Waals surface area contributed by atoms with Gasteiger partial charge in [0.15, 0.2) is 6.10 Å². The van der Waals surface area contributed by atoms with Crippen LogP contribution in [-0.4, -0.2) is 35.2 Å². The van der Waals surface area contributed by atoms with Crippen molar-refractivity contribution in [1.82, 2.24) is 5.32 Å². The van der Waals surface area contributed by atoms with Crippen molar-refractivity contribution in [2.45, 2.75) is 50.7 Å². The van der Waals surface area contributed by atoms with Gasteiger partial charge in [-0.1, -0.05) is 0 Å². The van der Waals surface area contributed by atoms with Gasteiger partial charge in [-0.25, -0.2) is 4.79 Å². The van der Waals surface area contributed by atoms with Crippen LogP contribution in [0.5, 0.6) is 0 Å². The number of ether oxygens (including phenoxy) is 1. The molecule has 2 amide bonds. The summed E-state index contributed by atoms with van der Waals surface area (Å²) in [4.78, 5) is 36.8. The van der Waals surface area contributed by atoms with Crippen LogP contribution in [0, 0.1) is 0 Å². The molecule has 0 aliphatic carbocycles. The molecule has 1 aliphatic heterocycles. The number of thioether (sulfide) groups is 1. The van der Waals surface area contributed by atoms with Gasteiger partial charge in [0.2, 0.25) is 5.91 Å². The summed E-state index contributed by atoms with van der Waals surface area (Å²) in [5.74, 6) is -0.330. The first-order valence-electron chi connectivity index (χ1n) is 7.75. The minimum atomic E-state index is -0.903. The standard InChI is InChI=1S/C17H22N2O4S/c1-10(15(21)19-17(2,3)4)23-16(22)11-5-6-13-12(9-11)18-14(20)7-8-24-13/h5-6,9-10H,7-8H2,1-4H3,(H,18,20)(H,19,21)/t10-/m0/s1. The molecule has 130 valence electrons. The Hall–Kier alpha value is -2.02. The summed E-state index contributed by atoms with van der Waals surface area (Å²) in [6.07, 6.45) is -0.470. The fraction of sp³-hybridized carbons (Fsp3) is 0.471. The number of anilines is 1. The van der Waals surface area contributed by atoms with Gasteiger partial charge in [-0.3, -0.25) is 9.59 Å². The van der Waals surface area contributed by atoms with E-state index in [0.717, 1.165) is 4.90 Å². The molecule has 0 spiro atoms. The Morgan fingerprint density at radius 3 is 2.71 bits per heavy atom. The van der Waals surface area contributed by atoms with E-state index in [4.69, 9.17) is 4.74 Å². The van der Waals surface area contributed by atoms with Gasteiger partial charge in [-0.2, -0.15) is 0 Å². The van der Waals surface area contributed by atoms with Crippen LogP contribution in [0.15, 0.2) is 23.1 Å². The molecule has 0 bridgehead atoms. The second kappa shape index (κ2) is 7.25. The van der Waals surface area contributed by atoms with E-state index in [0.29, 0.717) is 23.4 Å². The van der Waals surface area contributed by atoms with Crippen molar-refractivity contribution >= 4 is 35.2 Å². The van der Waals surface area contributed by atoms with E-state index in [-0.39, 0.29) is 11.8 Å². The number of rotatable bonds is 3. The van der Waals surface area contributed by atoms with Crippen LogP contribution in [0.2, 0.25) is 0 Å². The lowest BCUT2D eigenvalue weighted by Crippen LogP contribution is -2.46. The highest BCUT2D eigenvalue weighted by molar-refractivity contribution is 7.99. The zero-order valence-corrected chi connectivity index (χ0v) is 15.1. The van der Waals surface area contributed by atoms with E-state index < -0.39 is 17.6 Å². The van der Waals surface area contributed by atoms with Gasteiger partial charge in [0.1, 0.15) is 0 Å². The lowest BCUT2D eigenvalue weighted by atomic mass is 10.1. The minimum absolute atomic E-state index is 0.0790. The lowest BCUT2D eigenvalue weighted by molar-refractivity contribution is -0.130. The zero-order valence-electron chi connectivity index (χ0n) is 14.3. The van der Waals surface area contributed by atoms with Crippen molar-refractivity contribution in [1.29, 1.82) is 0 Å². The Morgan fingerprint density at radius 2 is 2.04 bits per heavy atom. The number of hydrogen-bond donors (Lipinski definition) is 2. The van der Waals surface area contributed by atoms with Crippen LogP contribution in [0.1, 0.15) is 44.5 Å². The molecule has 1 aliphatic rings. The fourth-order valence-corrected chi connectivity index (χ4v) is 3.04. The van der Waals surface area contributed by atoms with Gasteiger partial charge < -0.3 is 15.4 Å². The SMILES string of the molecule is C[C@H](OC(=O)c1ccc2c(c1)NC(=O)CCS2)C(=O)NC(C)(C)C. The van der Waals surface area contributed by atoms with Crippen molar-refractivity contribution in [2.24, 2.45) is 0 Å². The number of carbonyl (C=O) groups excluding carboxylic acids is 3. The molecule has 1 aromatic carbocycles. The molecule has 2 rings (SSSR count). The molecule has 1 heterocycles. The molecule has 0 radical (unpaired) electrons. The average molecular weight is 350 g/mol. The van der Waals surface area contributed by atoms with Crippen molar-refractivity contribution in [3.05, 3.63) is 23.8 Å². The number of amides is 2. The smallest absolute Gasteiger partial charge is 0.338 e. The topological polar surface area (TPSA) is 84.5 Å². The van der Waals surface area contributed by atoms with Crippen LogP contribution < -0.4 is 10.6 Å². The third-order valence-electron chi connectivity index (χ3n) is 3.23. The number of hydrogen-bond acceptors (Lipinski definition) is 5. The van der Waals surface area contributed by atoms with Crippen LogP contribution in [0.25, 0.3) is 0 Å². The molecule has 0 aromatic heterocycles. The molecule has 7 heteroatoms. The van der Waals surface area contributed by atoms with Crippen LogP contribution in [-0.2, 0) is 14.3 Å². The van der Waals surface area contributed by atoms with Gasteiger partial charge in [0, 0.05) is 22.6 Å². The summed E-state index contributed by atoms with van der Waals surface area (Å²) in [5.41, 5.74) is 0.499. The van der Waals surface area contributed by atoms with Crippen molar-refractivity contribution in [3.63, 3.8) is 0 Å². The van der Waals surface area contributed by atoms with Gasteiger partial charge in [0.25, 0.3) is 5.91 Å². The second-order valence-corrected chi connectivity index (χ2v) is 7.78. The molecule has 24 heavy (non-hydrogen) atoms. The molecule has 1 aromatic rings. The van der Waals surface area contributed by atoms with Crippen molar-refractivity contribution < 1.29 is 19.1 Å². The number of esters is 1. The summed E-state index contributed by atoms with van der Waals surface area (Å²) < 4.78 is 5.22. The third-order valence-corrected chi connectivity index (χ3v) is 4.30. The van der Waals surface area contributed by atoms with E-state index in [9.17, 15) is 14.4 Å². The van der Waals surface area contributed by atoms with E-state index in [2.05, 4.69) is 10.6 Å². The van der Waals surface area contributed by atoms with Crippen LogP contribution in [0.3, 0.4) is 0 Å². The number of fused-ring (bicyclic) bond motifs is 1. The van der Waals surface area contributed by atoms with Gasteiger partial charge in [-0.15, -0.1) is 11.8 Å². The van der Waals surface area contributed by atoms with Crippen LogP contribution in [0.4, 0.5) is 5.69 Å². The minimum Gasteiger partial charge on any atom is -0.449 e. The molecule has 2 N–H and O–H groups in total. The van der Waals surface area contributed by atoms with Gasteiger partial charge in [-0.05, 0) is 45.9 Å². The first-order valence-corrected chi connectivity index (χ1v) is 8.74. The molecule has 1 atom stereocenters. The molecule has 0 fully saturated rings. The normalized spacial score (nSPS) is 15.6. The van der Waals surface area contributed by atoms with E-state index in [1.54, 1.807) is 30.0 Å². The number of benzene rings is 1. The van der Waals surface area contributed by atoms with E-state index >= 15 is 0 Å². The molecule has 6 nitrogen and oxygen atoms in total. The molecular weight excluding hydrogens is 328 g/mol. The lowest BCUT2D eigenvalue weighted by Gasteiger charge is -2.23. The number of carbonyl (C=O) groups is 3. The average Bonchev–Trinajstić information content (AvgIpc) is 2.64. The predicted octanol–water partition coefficient (Wildman–Crippen LogP) is 2.58. The third kappa shape index (κ3) is 4.99. The molecule has 0 saturated carbocycles. The first-order chi connectivity index (χ1) is 11.2. The van der Waals surface area contributed by atoms with Gasteiger partial charge in [0.05, 0.1) is 11.3 Å². The number of nitrogens with one attached hydrogen (secondary N) is 2. The van der Waals surface area contributed by atoms with Gasteiger partial charge >= 0.3 is 5.97 Å². The molecular formula is C17H22N2O4S. The molecule has 0 saturated heterocycles. The summed E-state index contributed by atoms with van der Waals surface area (Å²) in [6.45, 7) is 7.09. The maximum absolute atomic E-state index is 12.3. The zero-order chi connectivity index (χ0) is 17.9. The Labute approximate surface area is 145 Å². The maximum Gasteiger partial charge on any atom is 0.338 e. The Morgan fingerprint density at radius 1 is 1.33 bits per heavy atom. The largest absolute Gasteiger partial charge is 0.449 e. The Balaban J connectivity index is 2.07. The summed E-state index contributed by atoms with van der Waals surface area (Å²) >= 11 is 1.56. The highest BCUT2D eigenvalue weighted by atomic mass is 32.2. The maximum atomic E-state index is 12.3. The van der Waals surface area contributed by atoms with Crippen molar-refractivity contribution in [2.75, 3.05) is 11.1 Å². The fourth-order valence-electron chi connectivity index (χ4n) is 2.10. The Bertz CT molecular complexity index is 667. The second-order valence-electron chi connectivity index (χ2n) is 6.64. The summed E-state index contributed by atoms with van der Waals surface area (Å²) in [7, 11) is 0. The van der Waals surface area contributed by atoms with Crippen LogP contribution >= 0.6 is 11.8 Å². The summed E-state index contributed by atoms with van der Waals surface area (Å²) in [6, 6.07) is 5.00. The van der Waals surface area contributed by atoms with E-state index in [1.165, 1.54) is 6.92 Å². The van der Waals surface area contributed by atoms with Crippen molar-refractivity contribution in [3.8, 4) is 0 Å². The Kier molecular flexibility index (Phi) is 5.54. The quantitative estimate of drug-likeness (QED) is 0.819. The monoisotopic (exact) mass is 350 g/mol. The highest BCUT2D eigenvalue weighted by Crippen LogP contribution is 2.31.